The van der Waals surface area contributed by atoms with Crippen molar-refractivity contribution in [3.05, 3.63) is 53.9 Å². The fourth-order valence-corrected chi connectivity index (χ4v) is 3.06. The van der Waals surface area contributed by atoms with E-state index >= 15 is 0 Å². The quantitative estimate of drug-likeness (QED) is 0.734. The van der Waals surface area contributed by atoms with E-state index in [2.05, 4.69) is 21.7 Å². The minimum absolute atomic E-state index is 0.163. The molecule has 4 rings (SSSR count). The lowest BCUT2D eigenvalue weighted by Crippen LogP contribution is -2.21. The topological polar surface area (TPSA) is 53.1 Å². The van der Waals surface area contributed by atoms with Crippen molar-refractivity contribution in [3.63, 3.8) is 0 Å². The molecule has 1 aromatic heterocycles. The minimum Gasteiger partial charge on any atom is -0.488 e. The third-order valence-electron chi connectivity index (χ3n) is 4.06. The molecule has 4 heteroatoms. The second kappa shape index (κ2) is 4.52. The van der Waals surface area contributed by atoms with E-state index in [9.17, 15) is 0 Å². The van der Waals surface area contributed by atoms with Gasteiger partial charge in [0, 0.05) is 12.1 Å². The number of fused-ring (bicyclic) bond motifs is 2. The maximum Gasteiger partial charge on any atom is 0.123 e. The van der Waals surface area contributed by atoms with Gasteiger partial charge >= 0.3 is 0 Å². The molecule has 0 radical (unpaired) electrons. The van der Waals surface area contributed by atoms with Gasteiger partial charge in [-0.15, -0.1) is 0 Å². The molecule has 0 fully saturated rings. The summed E-state index contributed by atoms with van der Waals surface area (Å²) in [5.74, 6) is 2.00. The van der Waals surface area contributed by atoms with Crippen LogP contribution in [-0.4, -0.2) is 15.7 Å². The number of anilines is 1. The van der Waals surface area contributed by atoms with Gasteiger partial charge in [0.25, 0.3) is 0 Å². The average molecular weight is 279 g/mol. The second-order valence-electron chi connectivity index (χ2n) is 5.57. The zero-order chi connectivity index (χ0) is 14.4. The highest BCUT2D eigenvalue weighted by molar-refractivity contribution is 5.79. The molecule has 1 unspecified atom stereocenters. The van der Waals surface area contributed by atoms with Gasteiger partial charge in [0.2, 0.25) is 0 Å². The number of hydrogen-bond acceptors (Lipinski definition) is 3. The molecule has 21 heavy (non-hydrogen) atoms. The average Bonchev–Trinajstić information content (AvgIpc) is 3.00. The summed E-state index contributed by atoms with van der Waals surface area (Å²) in [4.78, 5) is 4.59. The number of benzene rings is 2. The molecule has 0 spiro atoms. The Balaban J connectivity index is 1.65. The lowest BCUT2D eigenvalue weighted by molar-refractivity contribution is 0.210. The molecule has 2 N–H and O–H groups in total. The second-order valence-corrected chi connectivity index (χ2v) is 5.57. The first-order valence-corrected chi connectivity index (χ1v) is 7.17. The molecule has 0 saturated heterocycles. The third-order valence-corrected chi connectivity index (χ3v) is 4.06. The van der Waals surface area contributed by atoms with E-state index in [1.165, 1.54) is 5.56 Å². The zero-order valence-electron chi connectivity index (χ0n) is 11.9. The Labute approximate surface area is 123 Å². The Morgan fingerprint density at radius 1 is 1.29 bits per heavy atom. The molecule has 106 valence electrons. The first kappa shape index (κ1) is 12.3. The van der Waals surface area contributed by atoms with Crippen molar-refractivity contribution in [2.45, 2.75) is 26.0 Å². The van der Waals surface area contributed by atoms with E-state index in [-0.39, 0.29) is 6.10 Å². The van der Waals surface area contributed by atoms with Crippen molar-refractivity contribution >= 4 is 16.7 Å². The molecule has 1 aliphatic heterocycles. The maximum absolute atomic E-state index is 6.03. The van der Waals surface area contributed by atoms with E-state index in [4.69, 9.17) is 10.5 Å². The SMILES string of the molecule is Cc1nc2cc(N)ccc2n1CC1Cc2ccccc2O1. The zero-order valence-corrected chi connectivity index (χ0v) is 11.9. The standard InChI is InChI=1S/C17H17N3O/c1-11-19-15-9-13(18)6-7-16(15)20(11)10-14-8-12-4-2-3-5-17(12)21-14/h2-7,9,14H,8,10,18H2,1H3. The Bertz CT molecular complexity index is 797. The van der Waals surface area contributed by atoms with Gasteiger partial charge < -0.3 is 15.0 Å². The monoisotopic (exact) mass is 279 g/mol. The van der Waals surface area contributed by atoms with Gasteiger partial charge in [-0.1, -0.05) is 18.2 Å². The van der Waals surface area contributed by atoms with Crippen molar-refractivity contribution < 1.29 is 4.74 Å². The van der Waals surface area contributed by atoms with Gasteiger partial charge in [-0.05, 0) is 36.8 Å². The molecule has 0 saturated carbocycles. The highest BCUT2D eigenvalue weighted by Gasteiger charge is 2.23. The summed E-state index contributed by atoms with van der Waals surface area (Å²) in [6.07, 6.45) is 1.11. The van der Waals surface area contributed by atoms with Crippen LogP contribution >= 0.6 is 0 Å². The van der Waals surface area contributed by atoms with Gasteiger partial charge in [-0.2, -0.15) is 0 Å². The fraction of sp³-hybridized carbons (Fsp3) is 0.235. The van der Waals surface area contributed by atoms with Crippen LogP contribution in [0.15, 0.2) is 42.5 Å². The van der Waals surface area contributed by atoms with E-state index in [0.717, 1.165) is 41.3 Å². The lowest BCUT2D eigenvalue weighted by Gasteiger charge is -2.13. The number of imidazole rings is 1. The lowest BCUT2D eigenvalue weighted by atomic mass is 10.1. The third kappa shape index (κ3) is 2.03. The maximum atomic E-state index is 6.03. The number of aryl methyl sites for hydroxylation is 1. The summed E-state index contributed by atoms with van der Waals surface area (Å²) in [7, 11) is 0. The summed E-state index contributed by atoms with van der Waals surface area (Å²) in [5.41, 5.74) is 9.92. The van der Waals surface area contributed by atoms with E-state index < -0.39 is 0 Å². The Morgan fingerprint density at radius 2 is 2.14 bits per heavy atom. The van der Waals surface area contributed by atoms with Crippen molar-refractivity contribution in [2.24, 2.45) is 0 Å². The van der Waals surface area contributed by atoms with Crippen LogP contribution in [0.4, 0.5) is 5.69 Å². The van der Waals surface area contributed by atoms with Crippen LogP contribution in [0.1, 0.15) is 11.4 Å². The Morgan fingerprint density at radius 3 is 3.00 bits per heavy atom. The largest absolute Gasteiger partial charge is 0.488 e. The van der Waals surface area contributed by atoms with Gasteiger partial charge in [-0.3, -0.25) is 0 Å². The summed E-state index contributed by atoms with van der Waals surface area (Å²) < 4.78 is 8.25. The van der Waals surface area contributed by atoms with Crippen molar-refractivity contribution in [1.29, 1.82) is 0 Å². The molecule has 2 heterocycles. The number of nitrogens with two attached hydrogens (primary N) is 1. The Kier molecular flexibility index (Phi) is 2.64. The van der Waals surface area contributed by atoms with Crippen LogP contribution in [0.2, 0.25) is 0 Å². The summed E-state index contributed by atoms with van der Waals surface area (Å²) in [6, 6.07) is 14.1. The van der Waals surface area contributed by atoms with Gasteiger partial charge in [0.05, 0.1) is 17.6 Å². The number of nitrogen functional groups attached to an aromatic ring is 1. The first-order chi connectivity index (χ1) is 10.2. The molecule has 2 aromatic carbocycles. The number of ether oxygens (including phenoxy) is 1. The van der Waals surface area contributed by atoms with Crippen molar-refractivity contribution in [2.75, 3.05) is 5.73 Å². The number of para-hydroxylation sites is 1. The molecule has 1 aliphatic rings. The number of aromatic nitrogens is 2. The summed E-state index contributed by atoms with van der Waals surface area (Å²) in [5, 5.41) is 0. The van der Waals surface area contributed by atoms with E-state index in [0.29, 0.717) is 0 Å². The van der Waals surface area contributed by atoms with Crippen LogP contribution < -0.4 is 10.5 Å². The summed E-state index contributed by atoms with van der Waals surface area (Å²) >= 11 is 0. The van der Waals surface area contributed by atoms with Crippen LogP contribution in [0.5, 0.6) is 5.75 Å². The normalized spacial score (nSPS) is 16.9. The van der Waals surface area contributed by atoms with Crippen LogP contribution in [-0.2, 0) is 13.0 Å². The molecular weight excluding hydrogens is 262 g/mol. The van der Waals surface area contributed by atoms with E-state index in [1.54, 1.807) is 0 Å². The van der Waals surface area contributed by atoms with E-state index in [1.807, 2.05) is 37.3 Å². The van der Waals surface area contributed by atoms with Gasteiger partial charge in [-0.25, -0.2) is 4.98 Å². The first-order valence-electron chi connectivity index (χ1n) is 7.17. The molecule has 0 aliphatic carbocycles. The predicted molar refractivity (Wildman–Crippen MR) is 83.4 cm³/mol. The summed E-state index contributed by atoms with van der Waals surface area (Å²) in [6.45, 7) is 2.83. The number of nitrogens with zero attached hydrogens (tertiary/aromatic N) is 2. The van der Waals surface area contributed by atoms with Crippen LogP contribution in [0.3, 0.4) is 0 Å². The van der Waals surface area contributed by atoms with Gasteiger partial charge in [0.1, 0.15) is 17.7 Å². The highest BCUT2D eigenvalue weighted by atomic mass is 16.5. The fourth-order valence-electron chi connectivity index (χ4n) is 3.06. The molecule has 1 atom stereocenters. The van der Waals surface area contributed by atoms with Gasteiger partial charge in [0.15, 0.2) is 0 Å². The van der Waals surface area contributed by atoms with Crippen LogP contribution in [0, 0.1) is 6.92 Å². The highest BCUT2D eigenvalue weighted by Crippen LogP contribution is 2.30. The number of rotatable bonds is 2. The molecule has 0 bridgehead atoms. The predicted octanol–water partition coefficient (Wildman–Crippen LogP) is 2.93. The molecule has 4 nitrogen and oxygen atoms in total. The smallest absolute Gasteiger partial charge is 0.123 e. The molecular formula is C17H17N3O. The molecule has 3 aromatic rings. The van der Waals surface area contributed by atoms with Crippen LogP contribution in [0.25, 0.3) is 11.0 Å². The Hall–Kier alpha value is -2.49. The van der Waals surface area contributed by atoms with Crippen molar-refractivity contribution in [1.82, 2.24) is 9.55 Å². The minimum atomic E-state index is 0.163. The number of hydrogen-bond donors (Lipinski definition) is 1. The molecule has 0 amide bonds. The van der Waals surface area contributed by atoms with Crippen molar-refractivity contribution in [3.8, 4) is 5.75 Å².